The number of nitrogens with zero attached hydrogens (tertiary/aromatic N) is 1. The van der Waals surface area contributed by atoms with E-state index in [1.165, 1.54) is 19.3 Å². The minimum Gasteiger partial charge on any atom is -0.466 e. The highest BCUT2D eigenvalue weighted by Crippen LogP contribution is 2.25. The summed E-state index contributed by atoms with van der Waals surface area (Å²) in [5, 5.41) is 0. The molecule has 2 N–H and O–H groups in total. The number of rotatable bonds is 5. The Morgan fingerprint density at radius 3 is 2.60 bits per heavy atom. The number of carbonyl (C=O) groups excluding carboxylic acids is 1. The molecule has 1 fully saturated rings. The molecule has 20 heavy (non-hydrogen) atoms. The average molecular weight is 278 g/mol. The Balaban J connectivity index is 2.16. The van der Waals surface area contributed by atoms with Crippen molar-refractivity contribution in [2.24, 2.45) is 5.73 Å². The van der Waals surface area contributed by atoms with Crippen molar-refractivity contribution in [3.05, 3.63) is 23.2 Å². The Bertz CT molecular complexity index is 447. The van der Waals surface area contributed by atoms with E-state index in [4.69, 9.17) is 10.2 Å². The van der Waals surface area contributed by atoms with Crippen LogP contribution in [-0.2, 0) is 0 Å². The third kappa shape index (κ3) is 3.42. The van der Waals surface area contributed by atoms with Gasteiger partial charge in [-0.25, -0.2) is 0 Å². The Kier molecular flexibility index (Phi) is 5.24. The lowest BCUT2D eigenvalue weighted by Gasteiger charge is -2.34. The molecular weight excluding hydrogens is 252 g/mol. The van der Waals surface area contributed by atoms with Gasteiger partial charge < -0.3 is 15.1 Å². The fourth-order valence-electron chi connectivity index (χ4n) is 3.10. The van der Waals surface area contributed by atoms with Gasteiger partial charge in [-0.15, -0.1) is 0 Å². The predicted molar refractivity (Wildman–Crippen MR) is 79.8 cm³/mol. The highest BCUT2D eigenvalue weighted by molar-refractivity contribution is 5.95. The third-order valence-corrected chi connectivity index (χ3v) is 4.15. The van der Waals surface area contributed by atoms with Crippen molar-refractivity contribution < 1.29 is 9.21 Å². The molecule has 1 aliphatic carbocycles. The first kappa shape index (κ1) is 15.1. The second kappa shape index (κ2) is 6.93. The summed E-state index contributed by atoms with van der Waals surface area (Å²) in [6, 6.07) is 2.23. The molecule has 1 aromatic rings. The maximum atomic E-state index is 12.8. The lowest BCUT2D eigenvalue weighted by atomic mass is 9.93. The van der Waals surface area contributed by atoms with Crippen LogP contribution in [0.15, 0.2) is 10.5 Å². The topological polar surface area (TPSA) is 59.5 Å². The van der Waals surface area contributed by atoms with Crippen LogP contribution in [0.4, 0.5) is 0 Å². The quantitative estimate of drug-likeness (QED) is 0.900. The summed E-state index contributed by atoms with van der Waals surface area (Å²) in [4.78, 5) is 14.8. The number of aryl methyl sites for hydroxylation is 2. The van der Waals surface area contributed by atoms with Crippen molar-refractivity contribution in [3.63, 3.8) is 0 Å². The fourth-order valence-corrected chi connectivity index (χ4v) is 3.10. The zero-order valence-electron chi connectivity index (χ0n) is 12.7. The van der Waals surface area contributed by atoms with Crippen molar-refractivity contribution in [3.8, 4) is 0 Å². The normalized spacial score (nSPS) is 16.4. The van der Waals surface area contributed by atoms with Gasteiger partial charge in [0.25, 0.3) is 5.91 Å². The first-order valence-corrected chi connectivity index (χ1v) is 7.71. The van der Waals surface area contributed by atoms with Gasteiger partial charge in [0.2, 0.25) is 0 Å². The van der Waals surface area contributed by atoms with Crippen LogP contribution in [-0.4, -0.2) is 29.9 Å². The van der Waals surface area contributed by atoms with E-state index < -0.39 is 0 Å². The minimum atomic E-state index is 0.111. The van der Waals surface area contributed by atoms with Crippen LogP contribution < -0.4 is 5.73 Å². The van der Waals surface area contributed by atoms with E-state index in [0.717, 1.165) is 37.3 Å². The fraction of sp³-hybridized carbons (Fsp3) is 0.688. The maximum Gasteiger partial charge on any atom is 0.257 e. The molecule has 4 heteroatoms. The van der Waals surface area contributed by atoms with Crippen LogP contribution in [0.2, 0.25) is 0 Å². The van der Waals surface area contributed by atoms with Crippen molar-refractivity contribution in [1.82, 2.24) is 4.90 Å². The summed E-state index contributed by atoms with van der Waals surface area (Å²) in [5.41, 5.74) is 6.34. The molecule has 0 radical (unpaired) electrons. The number of nitrogens with two attached hydrogens (primary N) is 1. The molecule has 0 unspecified atom stereocenters. The molecule has 0 aromatic carbocycles. The molecule has 1 aromatic heterocycles. The van der Waals surface area contributed by atoms with E-state index >= 15 is 0 Å². The average Bonchev–Trinajstić information content (AvgIpc) is 2.79. The number of hydrogen-bond donors (Lipinski definition) is 1. The first-order valence-electron chi connectivity index (χ1n) is 7.71. The van der Waals surface area contributed by atoms with E-state index in [9.17, 15) is 4.79 Å². The zero-order valence-corrected chi connectivity index (χ0v) is 12.7. The molecule has 1 aliphatic rings. The van der Waals surface area contributed by atoms with Gasteiger partial charge in [0, 0.05) is 12.6 Å². The molecule has 1 saturated carbocycles. The lowest BCUT2D eigenvalue weighted by molar-refractivity contribution is 0.0631. The number of amides is 1. The van der Waals surface area contributed by atoms with E-state index in [-0.39, 0.29) is 5.91 Å². The summed E-state index contributed by atoms with van der Waals surface area (Å²) in [6.07, 6.45) is 6.83. The van der Waals surface area contributed by atoms with Crippen molar-refractivity contribution in [2.75, 3.05) is 13.1 Å². The molecule has 1 heterocycles. The maximum absolute atomic E-state index is 12.8. The second-order valence-corrected chi connectivity index (χ2v) is 5.76. The molecule has 0 spiro atoms. The number of hydrogen-bond acceptors (Lipinski definition) is 3. The smallest absolute Gasteiger partial charge is 0.257 e. The Labute approximate surface area is 121 Å². The summed E-state index contributed by atoms with van der Waals surface area (Å²) in [6.45, 7) is 5.13. The summed E-state index contributed by atoms with van der Waals surface area (Å²) >= 11 is 0. The molecule has 2 rings (SSSR count). The molecule has 0 saturated heterocycles. The zero-order chi connectivity index (χ0) is 14.5. The predicted octanol–water partition coefficient (Wildman–Crippen LogP) is 3.02. The van der Waals surface area contributed by atoms with Crippen molar-refractivity contribution >= 4 is 5.91 Å². The van der Waals surface area contributed by atoms with Gasteiger partial charge in [0.1, 0.15) is 11.5 Å². The van der Waals surface area contributed by atoms with Crippen LogP contribution in [0.25, 0.3) is 0 Å². The van der Waals surface area contributed by atoms with E-state index in [1.807, 2.05) is 24.8 Å². The summed E-state index contributed by atoms with van der Waals surface area (Å²) in [5.74, 6) is 1.63. The minimum absolute atomic E-state index is 0.111. The van der Waals surface area contributed by atoms with Crippen LogP contribution in [0, 0.1) is 13.8 Å². The van der Waals surface area contributed by atoms with Crippen molar-refractivity contribution in [1.29, 1.82) is 0 Å². The first-order chi connectivity index (χ1) is 9.63. The molecule has 0 aliphatic heterocycles. The Hall–Kier alpha value is -1.29. The third-order valence-electron chi connectivity index (χ3n) is 4.15. The van der Waals surface area contributed by atoms with Gasteiger partial charge in [-0.2, -0.15) is 0 Å². The van der Waals surface area contributed by atoms with Gasteiger partial charge in [0.15, 0.2) is 0 Å². The molecule has 0 bridgehead atoms. The lowest BCUT2D eigenvalue weighted by Crippen LogP contribution is -2.42. The van der Waals surface area contributed by atoms with Gasteiger partial charge in [-0.3, -0.25) is 4.79 Å². The molecular formula is C16H26N2O2. The van der Waals surface area contributed by atoms with Crippen LogP contribution in [0.3, 0.4) is 0 Å². The summed E-state index contributed by atoms with van der Waals surface area (Å²) in [7, 11) is 0. The standard InChI is InChI=1S/C16H26N2O2/c1-12-11-15(13(2)20-12)16(19)18(10-6-9-17)14-7-4-3-5-8-14/h11,14H,3-10,17H2,1-2H3. The van der Waals surface area contributed by atoms with Crippen LogP contribution in [0.1, 0.15) is 60.4 Å². The second-order valence-electron chi connectivity index (χ2n) is 5.76. The Morgan fingerprint density at radius 2 is 2.05 bits per heavy atom. The van der Waals surface area contributed by atoms with E-state index in [0.29, 0.717) is 18.2 Å². The van der Waals surface area contributed by atoms with E-state index in [1.54, 1.807) is 0 Å². The highest BCUT2D eigenvalue weighted by atomic mass is 16.3. The van der Waals surface area contributed by atoms with Gasteiger partial charge in [-0.1, -0.05) is 19.3 Å². The van der Waals surface area contributed by atoms with E-state index in [2.05, 4.69) is 0 Å². The van der Waals surface area contributed by atoms with Crippen LogP contribution >= 0.6 is 0 Å². The van der Waals surface area contributed by atoms with Crippen molar-refractivity contribution in [2.45, 2.75) is 58.4 Å². The number of furan rings is 1. The van der Waals surface area contributed by atoms with Crippen LogP contribution in [0.5, 0.6) is 0 Å². The monoisotopic (exact) mass is 278 g/mol. The van der Waals surface area contributed by atoms with Gasteiger partial charge in [0.05, 0.1) is 5.56 Å². The largest absolute Gasteiger partial charge is 0.466 e. The Morgan fingerprint density at radius 1 is 1.35 bits per heavy atom. The molecule has 1 amide bonds. The van der Waals surface area contributed by atoms with Gasteiger partial charge in [-0.05, 0) is 45.7 Å². The molecule has 0 atom stereocenters. The number of carbonyl (C=O) groups is 1. The van der Waals surface area contributed by atoms with Gasteiger partial charge >= 0.3 is 0 Å². The summed E-state index contributed by atoms with van der Waals surface area (Å²) < 4.78 is 5.51. The molecule has 4 nitrogen and oxygen atoms in total. The molecule has 112 valence electrons. The SMILES string of the molecule is Cc1cc(C(=O)N(CCCN)C2CCCCC2)c(C)o1. The highest BCUT2D eigenvalue weighted by Gasteiger charge is 2.27.